The van der Waals surface area contributed by atoms with E-state index in [0.29, 0.717) is 20.9 Å². The maximum absolute atomic E-state index is 12.1. The van der Waals surface area contributed by atoms with Gasteiger partial charge in [-0.1, -0.05) is 6.07 Å². The SMILES string of the molecule is Cc1sc2nc(COC(=O)c3cccs3)[nH]c(=O)c2c1C. The Kier molecular flexibility index (Phi) is 3.60. The molecule has 0 amide bonds. The number of hydrogen-bond donors (Lipinski definition) is 1. The monoisotopic (exact) mass is 320 g/mol. The lowest BCUT2D eigenvalue weighted by atomic mass is 10.2. The van der Waals surface area contributed by atoms with Crippen molar-refractivity contribution in [1.82, 2.24) is 9.97 Å². The molecule has 1 N–H and O–H groups in total. The summed E-state index contributed by atoms with van der Waals surface area (Å²) >= 11 is 2.78. The molecule has 0 radical (unpaired) electrons. The second-order valence-electron chi connectivity index (χ2n) is 4.53. The number of rotatable bonds is 3. The molecule has 0 aliphatic heterocycles. The van der Waals surface area contributed by atoms with Gasteiger partial charge in [0.15, 0.2) is 0 Å². The van der Waals surface area contributed by atoms with Crippen LogP contribution in [0.1, 0.15) is 25.9 Å². The van der Waals surface area contributed by atoms with Crippen LogP contribution in [0.4, 0.5) is 0 Å². The van der Waals surface area contributed by atoms with Gasteiger partial charge >= 0.3 is 5.97 Å². The van der Waals surface area contributed by atoms with E-state index in [1.165, 1.54) is 22.7 Å². The molecule has 0 aliphatic carbocycles. The third-order valence-corrected chi connectivity index (χ3v) is 5.10. The molecule has 0 aromatic carbocycles. The van der Waals surface area contributed by atoms with Crippen LogP contribution in [0.15, 0.2) is 22.3 Å². The summed E-state index contributed by atoms with van der Waals surface area (Å²) < 4.78 is 5.16. The largest absolute Gasteiger partial charge is 0.453 e. The van der Waals surface area contributed by atoms with E-state index in [1.807, 2.05) is 13.8 Å². The van der Waals surface area contributed by atoms with Crippen molar-refractivity contribution in [3.05, 3.63) is 49.0 Å². The Morgan fingerprint density at radius 1 is 1.43 bits per heavy atom. The number of nitrogens with one attached hydrogen (secondary N) is 1. The first kappa shape index (κ1) is 14.0. The summed E-state index contributed by atoms with van der Waals surface area (Å²) in [5.74, 6) is -0.0510. The number of aromatic nitrogens is 2. The van der Waals surface area contributed by atoms with Crippen LogP contribution in [0, 0.1) is 13.8 Å². The molecule has 0 saturated heterocycles. The first-order valence-electron chi connectivity index (χ1n) is 6.26. The van der Waals surface area contributed by atoms with E-state index in [9.17, 15) is 9.59 Å². The molecule has 3 aromatic heterocycles. The van der Waals surface area contributed by atoms with Crippen molar-refractivity contribution in [3.8, 4) is 0 Å². The van der Waals surface area contributed by atoms with Crippen molar-refractivity contribution >= 4 is 38.9 Å². The first-order valence-corrected chi connectivity index (χ1v) is 7.95. The quantitative estimate of drug-likeness (QED) is 0.753. The van der Waals surface area contributed by atoms with Crippen molar-refractivity contribution in [2.45, 2.75) is 20.5 Å². The minimum absolute atomic E-state index is 0.0437. The Morgan fingerprint density at radius 2 is 2.24 bits per heavy atom. The standard InChI is InChI=1S/C14H12N2O3S2/c1-7-8(2)21-13-11(7)12(17)15-10(16-13)6-19-14(18)9-4-3-5-20-9/h3-5H,6H2,1-2H3,(H,15,16,17). The van der Waals surface area contributed by atoms with Gasteiger partial charge < -0.3 is 9.72 Å². The highest BCUT2D eigenvalue weighted by molar-refractivity contribution is 7.18. The van der Waals surface area contributed by atoms with Gasteiger partial charge in [-0.25, -0.2) is 9.78 Å². The second-order valence-corrected chi connectivity index (χ2v) is 6.68. The van der Waals surface area contributed by atoms with Gasteiger partial charge in [0.05, 0.1) is 5.39 Å². The Labute approximate surface area is 128 Å². The summed E-state index contributed by atoms with van der Waals surface area (Å²) in [6.45, 7) is 3.82. The van der Waals surface area contributed by atoms with E-state index >= 15 is 0 Å². The summed E-state index contributed by atoms with van der Waals surface area (Å²) in [4.78, 5) is 33.1. The molecule has 3 heterocycles. The average molecular weight is 320 g/mol. The number of esters is 1. The molecule has 5 nitrogen and oxygen atoms in total. The van der Waals surface area contributed by atoms with Crippen LogP contribution >= 0.6 is 22.7 Å². The topological polar surface area (TPSA) is 72.0 Å². The van der Waals surface area contributed by atoms with Gasteiger partial charge in [-0.15, -0.1) is 22.7 Å². The van der Waals surface area contributed by atoms with Gasteiger partial charge in [-0.05, 0) is 30.9 Å². The fourth-order valence-electron chi connectivity index (χ4n) is 1.97. The Balaban J connectivity index is 1.85. The fourth-order valence-corrected chi connectivity index (χ4v) is 3.63. The Morgan fingerprint density at radius 3 is 2.95 bits per heavy atom. The van der Waals surface area contributed by atoms with E-state index < -0.39 is 5.97 Å². The highest BCUT2D eigenvalue weighted by Gasteiger charge is 2.13. The Hall–Kier alpha value is -1.99. The number of fused-ring (bicyclic) bond motifs is 1. The van der Waals surface area contributed by atoms with Gasteiger partial charge in [0.1, 0.15) is 22.1 Å². The number of nitrogens with zero attached hydrogens (tertiary/aromatic N) is 1. The molecule has 0 bridgehead atoms. The van der Waals surface area contributed by atoms with Crippen LogP contribution < -0.4 is 5.56 Å². The number of thiophene rings is 2. The number of carbonyl (C=O) groups excluding carboxylic acids is 1. The molecule has 0 saturated carbocycles. The summed E-state index contributed by atoms with van der Waals surface area (Å²) in [7, 11) is 0. The number of aryl methyl sites for hydroxylation is 2. The van der Waals surface area contributed by atoms with E-state index in [2.05, 4.69) is 9.97 Å². The van der Waals surface area contributed by atoms with Crippen LogP contribution in [-0.2, 0) is 11.3 Å². The van der Waals surface area contributed by atoms with E-state index in [1.54, 1.807) is 17.5 Å². The van der Waals surface area contributed by atoms with Crippen LogP contribution in [0.3, 0.4) is 0 Å². The molecule has 21 heavy (non-hydrogen) atoms. The predicted molar refractivity (Wildman–Crippen MR) is 83.2 cm³/mol. The Bertz CT molecular complexity index is 862. The molecular formula is C14H12N2O3S2. The van der Waals surface area contributed by atoms with Gasteiger partial charge in [-0.3, -0.25) is 4.79 Å². The number of hydrogen-bond acceptors (Lipinski definition) is 6. The highest BCUT2D eigenvalue weighted by Crippen LogP contribution is 2.25. The van der Waals surface area contributed by atoms with Crippen LogP contribution in [-0.4, -0.2) is 15.9 Å². The number of ether oxygens (including phenoxy) is 1. The van der Waals surface area contributed by atoms with Gasteiger partial charge in [0.25, 0.3) is 5.56 Å². The van der Waals surface area contributed by atoms with Crippen molar-refractivity contribution in [2.75, 3.05) is 0 Å². The normalized spacial score (nSPS) is 11.0. The van der Waals surface area contributed by atoms with E-state index in [-0.39, 0.29) is 12.2 Å². The maximum atomic E-state index is 12.1. The summed E-state index contributed by atoms with van der Waals surface area (Å²) in [6.07, 6.45) is 0. The summed E-state index contributed by atoms with van der Waals surface area (Å²) in [6, 6.07) is 3.48. The second kappa shape index (κ2) is 5.42. The lowest BCUT2D eigenvalue weighted by molar-refractivity contribution is 0.0468. The smallest absolute Gasteiger partial charge is 0.348 e. The van der Waals surface area contributed by atoms with E-state index in [0.717, 1.165) is 10.4 Å². The lowest BCUT2D eigenvalue weighted by Crippen LogP contribution is -2.14. The highest BCUT2D eigenvalue weighted by atomic mass is 32.1. The van der Waals surface area contributed by atoms with Crippen molar-refractivity contribution < 1.29 is 9.53 Å². The molecule has 0 aliphatic rings. The summed E-state index contributed by atoms with van der Waals surface area (Å²) in [5, 5.41) is 2.42. The molecule has 0 atom stereocenters. The van der Waals surface area contributed by atoms with Gasteiger partial charge in [0.2, 0.25) is 0 Å². The molecule has 0 fully saturated rings. The zero-order valence-electron chi connectivity index (χ0n) is 11.4. The molecule has 0 unspecified atom stereocenters. The van der Waals surface area contributed by atoms with Crippen molar-refractivity contribution in [2.24, 2.45) is 0 Å². The number of H-pyrrole nitrogens is 1. The molecule has 108 valence electrons. The average Bonchev–Trinajstić information content (AvgIpc) is 3.06. The zero-order valence-corrected chi connectivity index (χ0v) is 13.1. The third-order valence-electron chi connectivity index (χ3n) is 3.15. The zero-order chi connectivity index (χ0) is 15.0. The molecule has 0 spiro atoms. The molecule has 7 heteroatoms. The van der Waals surface area contributed by atoms with Crippen LogP contribution in [0.5, 0.6) is 0 Å². The molecule has 3 aromatic rings. The van der Waals surface area contributed by atoms with Gasteiger partial charge in [-0.2, -0.15) is 0 Å². The third kappa shape index (κ3) is 2.62. The minimum Gasteiger partial charge on any atom is -0.453 e. The van der Waals surface area contributed by atoms with Gasteiger partial charge in [0, 0.05) is 4.88 Å². The minimum atomic E-state index is -0.411. The van der Waals surface area contributed by atoms with Crippen LogP contribution in [0.25, 0.3) is 10.2 Å². The number of carbonyl (C=O) groups is 1. The first-order chi connectivity index (χ1) is 10.1. The summed E-state index contributed by atoms with van der Waals surface area (Å²) in [5.41, 5.74) is 0.759. The molecule has 3 rings (SSSR count). The van der Waals surface area contributed by atoms with Crippen LogP contribution in [0.2, 0.25) is 0 Å². The molecular weight excluding hydrogens is 308 g/mol. The van der Waals surface area contributed by atoms with E-state index in [4.69, 9.17) is 4.74 Å². The predicted octanol–water partition coefficient (Wildman–Crippen LogP) is 3.02. The van der Waals surface area contributed by atoms with Crippen molar-refractivity contribution in [1.29, 1.82) is 0 Å². The number of aromatic amines is 1. The fraction of sp³-hybridized carbons (Fsp3) is 0.214. The van der Waals surface area contributed by atoms with Crippen molar-refractivity contribution in [3.63, 3.8) is 0 Å². The lowest BCUT2D eigenvalue weighted by Gasteiger charge is -2.03. The maximum Gasteiger partial charge on any atom is 0.348 e.